The fraction of sp³-hybridized carbons (Fsp3) is 1.00. The van der Waals surface area contributed by atoms with E-state index < -0.39 is 0 Å². The van der Waals surface area contributed by atoms with Crippen molar-refractivity contribution in [3.8, 4) is 0 Å². The van der Waals surface area contributed by atoms with Crippen LogP contribution in [-0.4, -0.2) is 14.7 Å². The summed E-state index contributed by atoms with van der Waals surface area (Å²) in [7, 11) is 0. The second-order valence-electron chi connectivity index (χ2n) is 2.06. The first kappa shape index (κ1) is 6.56. The van der Waals surface area contributed by atoms with E-state index in [2.05, 4.69) is 25.3 Å². The van der Waals surface area contributed by atoms with Crippen molar-refractivity contribution in [2.45, 2.75) is 30.0 Å². The van der Waals surface area contributed by atoms with Crippen molar-refractivity contribution in [1.82, 2.24) is 0 Å². The molecule has 0 aromatic heterocycles. The molecule has 0 radical (unpaired) electrons. The molecule has 0 fully saturated rings. The fourth-order valence-electron chi connectivity index (χ4n) is 0. The minimum atomic E-state index is -0.299. The first-order valence-electron chi connectivity index (χ1n) is 2.31. The van der Waals surface area contributed by atoms with Gasteiger partial charge in [-0.1, -0.05) is 0 Å². The summed E-state index contributed by atoms with van der Waals surface area (Å²) in [6.45, 7) is 4.61. The summed E-state index contributed by atoms with van der Waals surface area (Å²) in [4.78, 5) is 0. The first-order chi connectivity index (χ1) is 2.64. The Balaban J connectivity index is 2.99. The predicted octanol–water partition coefficient (Wildman–Crippen LogP) is 2.15. The van der Waals surface area contributed by atoms with Gasteiger partial charge < -0.3 is 0 Å². The minimum absolute atomic E-state index is 0.299. The molecule has 0 unspecified atom stereocenters. The van der Waals surface area contributed by atoms with E-state index in [9.17, 15) is 0 Å². The van der Waals surface area contributed by atoms with Crippen LogP contribution >= 0.6 is 0 Å². The molecule has 0 bridgehead atoms. The molecule has 6 heavy (non-hydrogen) atoms. The molecule has 0 atom stereocenters. The summed E-state index contributed by atoms with van der Waals surface area (Å²) in [6.07, 6.45) is 0. The van der Waals surface area contributed by atoms with Crippen LogP contribution in [0.25, 0.3) is 0 Å². The predicted molar refractivity (Wildman–Crippen MR) is 32.6 cm³/mol. The molecule has 0 N–H and O–H groups in total. The van der Waals surface area contributed by atoms with Gasteiger partial charge in [-0.05, 0) is 0 Å². The zero-order valence-corrected chi connectivity index (χ0v) is 6.90. The van der Waals surface area contributed by atoms with Crippen LogP contribution in [0.4, 0.5) is 0 Å². The molecule has 0 spiro atoms. The van der Waals surface area contributed by atoms with Crippen molar-refractivity contribution in [1.29, 1.82) is 0 Å². The van der Waals surface area contributed by atoms with Crippen molar-refractivity contribution in [3.05, 3.63) is 0 Å². The Labute approximate surface area is 45.2 Å². The Morgan fingerprint density at radius 2 is 1.33 bits per heavy atom. The Morgan fingerprint density at radius 3 is 1.33 bits per heavy atom. The summed E-state index contributed by atoms with van der Waals surface area (Å²) in [5, 5.41) is 0. The molecular weight excluding hydrogens is 135 g/mol. The number of hydrogen-bond acceptors (Lipinski definition) is 0. The molecule has 0 aromatic carbocycles. The molecule has 1 heteroatoms. The topological polar surface area (TPSA) is 0 Å². The van der Waals surface area contributed by atoms with Crippen LogP contribution in [0.15, 0.2) is 0 Å². The average molecular weight is 148 g/mol. The molecular formula is C5H13As. The zero-order valence-electron chi connectivity index (χ0n) is 5.02. The van der Waals surface area contributed by atoms with Crippen molar-refractivity contribution in [2.24, 2.45) is 0 Å². The molecule has 0 saturated carbocycles. The third kappa shape index (κ3) is 2.78. The van der Waals surface area contributed by atoms with Gasteiger partial charge in [-0.25, -0.2) is 0 Å². The maximum atomic E-state index is 2.39. The van der Waals surface area contributed by atoms with Crippen LogP contribution in [0.3, 0.4) is 0 Å². The average Bonchev–Trinajstić information content (AvgIpc) is 1.36. The SMILES string of the molecule is CC(C)[As](C)C. The van der Waals surface area contributed by atoms with E-state index in [1.54, 1.807) is 0 Å². The van der Waals surface area contributed by atoms with E-state index in [0.29, 0.717) is 0 Å². The zero-order chi connectivity index (χ0) is 5.15. The molecule has 38 valence electrons. The fourth-order valence-corrected chi connectivity index (χ4v) is 0. The monoisotopic (exact) mass is 148 g/mol. The van der Waals surface area contributed by atoms with Crippen LogP contribution in [-0.2, 0) is 0 Å². The van der Waals surface area contributed by atoms with E-state index in [0.717, 1.165) is 4.71 Å². The second-order valence-corrected chi connectivity index (χ2v) is 8.27. The quantitative estimate of drug-likeness (QED) is 0.500. The van der Waals surface area contributed by atoms with Crippen LogP contribution in [0.2, 0.25) is 16.1 Å². The van der Waals surface area contributed by atoms with Crippen LogP contribution in [0, 0.1) is 0 Å². The second kappa shape index (κ2) is 2.69. The number of hydrogen-bond donors (Lipinski definition) is 0. The van der Waals surface area contributed by atoms with E-state index in [1.165, 1.54) is 0 Å². The van der Waals surface area contributed by atoms with Gasteiger partial charge in [-0.3, -0.25) is 0 Å². The van der Waals surface area contributed by atoms with Gasteiger partial charge in [0.2, 0.25) is 0 Å². The van der Waals surface area contributed by atoms with E-state index >= 15 is 0 Å². The third-order valence-electron chi connectivity index (χ3n) is 1.03. The van der Waals surface area contributed by atoms with Gasteiger partial charge in [-0.15, -0.1) is 0 Å². The molecule has 0 aromatic rings. The van der Waals surface area contributed by atoms with Crippen molar-refractivity contribution < 1.29 is 0 Å². The summed E-state index contributed by atoms with van der Waals surface area (Å²) >= 11 is -0.299. The maximum absolute atomic E-state index is 2.39. The Morgan fingerprint density at radius 1 is 1.17 bits per heavy atom. The molecule has 0 aliphatic rings. The molecule has 0 aliphatic carbocycles. The van der Waals surface area contributed by atoms with E-state index in [-0.39, 0.29) is 14.7 Å². The van der Waals surface area contributed by atoms with E-state index in [4.69, 9.17) is 0 Å². The molecule has 0 nitrogen and oxygen atoms in total. The van der Waals surface area contributed by atoms with Gasteiger partial charge in [-0.2, -0.15) is 0 Å². The van der Waals surface area contributed by atoms with Crippen molar-refractivity contribution >= 4 is 14.7 Å². The molecule has 0 rings (SSSR count). The van der Waals surface area contributed by atoms with Crippen LogP contribution < -0.4 is 0 Å². The molecule has 0 saturated heterocycles. The van der Waals surface area contributed by atoms with Gasteiger partial charge in [0.25, 0.3) is 0 Å². The van der Waals surface area contributed by atoms with Crippen LogP contribution in [0.5, 0.6) is 0 Å². The van der Waals surface area contributed by atoms with E-state index in [1.807, 2.05) is 0 Å². The Hall–Kier alpha value is 0.558. The summed E-state index contributed by atoms with van der Waals surface area (Å²) < 4.78 is 0.998. The van der Waals surface area contributed by atoms with Crippen LogP contribution in [0.1, 0.15) is 13.8 Å². The number of rotatable bonds is 1. The first-order valence-corrected chi connectivity index (χ1v) is 7.14. The van der Waals surface area contributed by atoms with Gasteiger partial charge >= 0.3 is 44.6 Å². The Bertz CT molecular complexity index is 24.9. The van der Waals surface area contributed by atoms with Gasteiger partial charge in [0.1, 0.15) is 0 Å². The standard InChI is InChI=1S/C5H13As/c1-5(2)6(3)4/h5H,1-4H3. The molecule has 0 aliphatic heterocycles. The molecule has 0 amide bonds. The Kier molecular flexibility index (Phi) is 2.94. The van der Waals surface area contributed by atoms with Gasteiger partial charge in [0, 0.05) is 0 Å². The molecule has 0 heterocycles. The van der Waals surface area contributed by atoms with Crippen molar-refractivity contribution in [2.75, 3.05) is 0 Å². The summed E-state index contributed by atoms with van der Waals surface area (Å²) in [5.41, 5.74) is 4.77. The van der Waals surface area contributed by atoms with Gasteiger partial charge in [0.15, 0.2) is 0 Å². The van der Waals surface area contributed by atoms with Crippen molar-refractivity contribution in [3.63, 3.8) is 0 Å². The third-order valence-corrected chi connectivity index (χ3v) is 5.37. The summed E-state index contributed by atoms with van der Waals surface area (Å²) in [5.74, 6) is 0. The summed E-state index contributed by atoms with van der Waals surface area (Å²) in [6, 6.07) is 0. The normalized spacial score (nSPS) is 11.0. The van der Waals surface area contributed by atoms with Gasteiger partial charge in [0.05, 0.1) is 0 Å².